The number of para-hydroxylation sites is 2. The first-order valence-electron chi connectivity index (χ1n) is 16.9. The number of carbonyl (C=O) groups is 2. The number of aromatic hydroxyl groups is 2. The van der Waals surface area contributed by atoms with Crippen molar-refractivity contribution in [2.45, 2.75) is 51.0 Å². The van der Waals surface area contributed by atoms with Crippen LogP contribution in [0.1, 0.15) is 48.3 Å². The Morgan fingerprint density at radius 3 is 1.27 bits per heavy atom. The third kappa shape index (κ3) is 10.8. The SMILES string of the molecule is COc1ccc(CC(C)NCC(OC(=O)C(=O)OC(CNC(C)Cc2ccc(OC)c(OC)c2)c2ccccc2O)c2ccccc2O)cc1OC. The van der Waals surface area contributed by atoms with Crippen molar-refractivity contribution in [2.75, 3.05) is 41.5 Å². The quantitative estimate of drug-likeness (QED) is 0.0766. The number of benzene rings is 4. The molecule has 12 heteroatoms. The molecule has 0 heterocycles. The molecular formula is C40H48N2O10. The van der Waals surface area contributed by atoms with E-state index in [9.17, 15) is 19.8 Å². The van der Waals surface area contributed by atoms with Crippen molar-refractivity contribution in [3.8, 4) is 34.5 Å². The summed E-state index contributed by atoms with van der Waals surface area (Å²) in [6, 6.07) is 24.0. The summed E-state index contributed by atoms with van der Waals surface area (Å²) in [4.78, 5) is 26.6. The van der Waals surface area contributed by atoms with Crippen LogP contribution in [0.5, 0.6) is 34.5 Å². The zero-order valence-corrected chi connectivity index (χ0v) is 30.4. The Hall–Kier alpha value is -5.46. The summed E-state index contributed by atoms with van der Waals surface area (Å²) in [7, 11) is 6.29. The Bertz CT molecular complexity index is 1650. The van der Waals surface area contributed by atoms with Crippen LogP contribution in [0.25, 0.3) is 0 Å². The van der Waals surface area contributed by atoms with Crippen LogP contribution >= 0.6 is 0 Å². The van der Waals surface area contributed by atoms with Gasteiger partial charge in [0.05, 0.1) is 28.4 Å². The highest BCUT2D eigenvalue weighted by atomic mass is 16.6. The predicted octanol–water partition coefficient (Wildman–Crippen LogP) is 5.44. The molecule has 0 fully saturated rings. The van der Waals surface area contributed by atoms with E-state index in [-0.39, 0.29) is 36.7 Å². The number of rotatable bonds is 18. The summed E-state index contributed by atoms with van der Waals surface area (Å²) in [6.07, 6.45) is -0.859. The molecule has 0 radical (unpaired) electrons. The van der Waals surface area contributed by atoms with Crippen LogP contribution in [0, 0.1) is 0 Å². The van der Waals surface area contributed by atoms with E-state index >= 15 is 0 Å². The Labute approximate surface area is 304 Å². The van der Waals surface area contributed by atoms with Gasteiger partial charge in [-0.1, -0.05) is 48.5 Å². The van der Waals surface area contributed by atoms with Gasteiger partial charge in [0.25, 0.3) is 0 Å². The second-order valence-corrected chi connectivity index (χ2v) is 12.3. The molecule has 0 aliphatic carbocycles. The van der Waals surface area contributed by atoms with Crippen LogP contribution in [0.15, 0.2) is 84.9 Å². The predicted molar refractivity (Wildman–Crippen MR) is 195 cm³/mol. The van der Waals surface area contributed by atoms with Crippen molar-refractivity contribution in [1.29, 1.82) is 0 Å². The molecule has 12 nitrogen and oxygen atoms in total. The third-order valence-corrected chi connectivity index (χ3v) is 8.52. The minimum atomic E-state index is -1.25. The summed E-state index contributed by atoms with van der Waals surface area (Å²) < 4.78 is 32.9. The van der Waals surface area contributed by atoms with E-state index < -0.39 is 24.1 Å². The third-order valence-electron chi connectivity index (χ3n) is 8.52. The Kier molecular flexibility index (Phi) is 14.5. The van der Waals surface area contributed by atoms with Crippen LogP contribution in [0.4, 0.5) is 0 Å². The molecular weight excluding hydrogens is 668 g/mol. The number of phenolic OH excluding ortho intramolecular Hbond substituents is 2. The fourth-order valence-electron chi connectivity index (χ4n) is 5.79. The zero-order valence-electron chi connectivity index (χ0n) is 30.4. The standard InChI is InChI=1S/C40H48N2O10/c1-25(19-27-15-17-33(47-3)35(21-27)49-5)41-23-37(29-11-7-9-13-31(29)43)51-39(45)40(46)52-38(30-12-8-10-14-32(30)44)24-42-26(2)20-28-16-18-34(48-4)36(22-28)50-6/h7-18,21-22,25-26,37-38,41-44H,19-20,23-24H2,1-6H3. The number of hydrogen-bond acceptors (Lipinski definition) is 12. The second-order valence-electron chi connectivity index (χ2n) is 12.3. The lowest BCUT2D eigenvalue weighted by atomic mass is 10.0. The van der Waals surface area contributed by atoms with Crippen molar-refractivity contribution >= 4 is 11.9 Å². The highest BCUT2D eigenvalue weighted by Crippen LogP contribution is 2.31. The number of nitrogens with one attached hydrogen (secondary N) is 2. The number of methoxy groups -OCH3 is 4. The van der Waals surface area contributed by atoms with E-state index in [1.54, 1.807) is 64.8 Å². The summed E-state index contributed by atoms with van der Waals surface area (Å²) >= 11 is 0. The average molecular weight is 717 g/mol. The summed E-state index contributed by atoms with van der Waals surface area (Å²) in [5, 5.41) is 27.9. The lowest BCUT2D eigenvalue weighted by Gasteiger charge is -2.24. The molecule has 4 atom stereocenters. The van der Waals surface area contributed by atoms with Crippen LogP contribution in [-0.4, -0.2) is 75.8 Å². The van der Waals surface area contributed by atoms with Gasteiger partial charge >= 0.3 is 11.9 Å². The molecule has 0 spiro atoms. The highest BCUT2D eigenvalue weighted by molar-refractivity contribution is 6.29. The molecule has 278 valence electrons. The van der Waals surface area contributed by atoms with Gasteiger partial charge in [0.1, 0.15) is 23.7 Å². The Morgan fingerprint density at radius 1 is 0.558 bits per heavy atom. The van der Waals surface area contributed by atoms with Gasteiger partial charge in [-0.05, 0) is 74.2 Å². The molecule has 0 aliphatic rings. The van der Waals surface area contributed by atoms with Crippen LogP contribution in [0.2, 0.25) is 0 Å². The fourth-order valence-corrected chi connectivity index (χ4v) is 5.79. The smallest absolute Gasteiger partial charge is 0.418 e. The average Bonchev–Trinajstić information content (AvgIpc) is 3.15. The topological polar surface area (TPSA) is 154 Å². The molecule has 0 bridgehead atoms. The Balaban J connectivity index is 1.44. The largest absolute Gasteiger partial charge is 0.508 e. The van der Waals surface area contributed by atoms with Crippen molar-refractivity contribution in [1.82, 2.24) is 10.6 Å². The van der Waals surface area contributed by atoms with Gasteiger partial charge in [0.2, 0.25) is 0 Å². The van der Waals surface area contributed by atoms with Crippen molar-refractivity contribution in [3.05, 3.63) is 107 Å². The molecule has 0 saturated heterocycles. The van der Waals surface area contributed by atoms with Gasteiger partial charge in [0.15, 0.2) is 23.0 Å². The van der Waals surface area contributed by atoms with Gasteiger partial charge in [-0.2, -0.15) is 0 Å². The maximum Gasteiger partial charge on any atom is 0.418 e. The molecule has 0 saturated carbocycles. The highest BCUT2D eigenvalue weighted by Gasteiger charge is 2.30. The zero-order chi connectivity index (χ0) is 37.6. The van der Waals surface area contributed by atoms with Gasteiger partial charge in [-0.15, -0.1) is 0 Å². The number of esters is 2. The molecule has 52 heavy (non-hydrogen) atoms. The molecule has 0 aromatic heterocycles. The van der Waals surface area contributed by atoms with Gasteiger partial charge in [0, 0.05) is 36.3 Å². The number of hydrogen-bond donors (Lipinski definition) is 4. The van der Waals surface area contributed by atoms with Crippen molar-refractivity contribution in [2.24, 2.45) is 0 Å². The van der Waals surface area contributed by atoms with E-state index in [0.29, 0.717) is 47.0 Å². The molecule has 4 unspecified atom stereocenters. The molecule has 0 aliphatic heterocycles. The molecule has 4 N–H and O–H groups in total. The van der Waals surface area contributed by atoms with Gasteiger partial charge in [-0.3, -0.25) is 0 Å². The van der Waals surface area contributed by atoms with Crippen LogP contribution in [0.3, 0.4) is 0 Å². The minimum absolute atomic E-state index is 0.0865. The van der Waals surface area contributed by atoms with Gasteiger partial charge < -0.3 is 49.3 Å². The molecule has 0 amide bonds. The number of phenols is 2. The number of ether oxygens (including phenoxy) is 6. The van der Waals surface area contributed by atoms with Crippen LogP contribution < -0.4 is 29.6 Å². The van der Waals surface area contributed by atoms with Crippen LogP contribution in [-0.2, 0) is 31.9 Å². The lowest BCUT2D eigenvalue weighted by molar-refractivity contribution is -0.174. The maximum absolute atomic E-state index is 13.3. The first-order valence-corrected chi connectivity index (χ1v) is 16.9. The van der Waals surface area contributed by atoms with Crippen molar-refractivity contribution < 1.29 is 48.2 Å². The first-order chi connectivity index (χ1) is 25.1. The minimum Gasteiger partial charge on any atom is -0.508 e. The molecule has 4 aromatic carbocycles. The number of carbonyl (C=O) groups excluding carboxylic acids is 2. The first kappa shape index (κ1) is 39.3. The van der Waals surface area contributed by atoms with E-state index in [2.05, 4.69) is 10.6 Å². The molecule has 4 aromatic rings. The lowest BCUT2D eigenvalue weighted by Crippen LogP contribution is -2.36. The normalized spacial score (nSPS) is 13.3. The van der Waals surface area contributed by atoms with E-state index in [1.807, 2.05) is 50.2 Å². The van der Waals surface area contributed by atoms with Crippen molar-refractivity contribution in [3.63, 3.8) is 0 Å². The molecule has 4 rings (SSSR count). The van der Waals surface area contributed by atoms with E-state index in [0.717, 1.165) is 11.1 Å². The summed E-state index contributed by atoms with van der Waals surface area (Å²) in [5.74, 6) is -0.231. The monoisotopic (exact) mass is 716 g/mol. The summed E-state index contributed by atoms with van der Waals surface area (Å²) in [6.45, 7) is 4.10. The fraction of sp³-hybridized carbons (Fsp3) is 0.350. The van der Waals surface area contributed by atoms with E-state index in [1.165, 1.54) is 12.1 Å². The van der Waals surface area contributed by atoms with Gasteiger partial charge in [-0.25, -0.2) is 9.59 Å². The van der Waals surface area contributed by atoms with E-state index in [4.69, 9.17) is 28.4 Å². The summed E-state index contributed by atoms with van der Waals surface area (Å²) in [5.41, 5.74) is 2.60. The maximum atomic E-state index is 13.3. The Morgan fingerprint density at radius 2 is 0.923 bits per heavy atom. The second kappa shape index (κ2) is 19.2.